The lowest BCUT2D eigenvalue weighted by molar-refractivity contribution is -0.118. The third kappa shape index (κ3) is 4.59. The van der Waals surface area contributed by atoms with Crippen LogP contribution in [0.25, 0.3) is 0 Å². The van der Waals surface area contributed by atoms with Gasteiger partial charge in [0, 0.05) is 12.0 Å². The van der Waals surface area contributed by atoms with Crippen LogP contribution in [0.2, 0.25) is 0 Å². The molecule has 1 amide bonds. The molecule has 0 aliphatic carbocycles. The van der Waals surface area contributed by atoms with Crippen molar-refractivity contribution in [2.24, 2.45) is 0 Å². The molecule has 4 heteroatoms. The maximum Gasteiger partial charge on any atom is 0.262 e. The molecule has 0 radical (unpaired) electrons. The Bertz CT molecular complexity index is 511. The fraction of sp³-hybridized carbons (Fsp3) is 0.529. The molecule has 2 rings (SSSR count). The summed E-state index contributed by atoms with van der Waals surface area (Å²) in [4.78, 5) is 23.4. The Hall–Kier alpha value is -1.84. The first-order chi connectivity index (χ1) is 10.2. The molecule has 114 valence electrons. The number of amides is 1. The Morgan fingerprint density at radius 2 is 1.95 bits per heavy atom. The molecule has 0 aromatic heterocycles. The smallest absolute Gasteiger partial charge is 0.262 e. The third-order valence-corrected chi connectivity index (χ3v) is 3.69. The molecule has 0 saturated carbocycles. The van der Waals surface area contributed by atoms with Crippen molar-refractivity contribution in [3.63, 3.8) is 0 Å². The van der Waals surface area contributed by atoms with Crippen LogP contribution in [0, 0.1) is 0 Å². The van der Waals surface area contributed by atoms with Crippen molar-refractivity contribution in [2.75, 3.05) is 11.9 Å². The SMILES string of the molecule is CCCCCCCCC(=O)c1ccc2c(c1)NC(=O)CO2. The molecular formula is C17H23NO3. The van der Waals surface area contributed by atoms with E-state index in [1.165, 1.54) is 25.7 Å². The summed E-state index contributed by atoms with van der Waals surface area (Å²) in [5.41, 5.74) is 1.24. The van der Waals surface area contributed by atoms with Crippen LogP contribution >= 0.6 is 0 Å². The normalized spacial score (nSPS) is 13.3. The molecule has 0 unspecified atom stereocenters. The number of carbonyl (C=O) groups excluding carboxylic acids is 2. The van der Waals surface area contributed by atoms with Gasteiger partial charge in [-0.25, -0.2) is 0 Å². The van der Waals surface area contributed by atoms with Crippen LogP contribution in [0.4, 0.5) is 5.69 Å². The summed E-state index contributed by atoms with van der Waals surface area (Å²) in [5, 5.41) is 2.73. The second-order valence-electron chi connectivity index (χ2n) is 5.49. The highest BCUT2D eigenvalue weighted by molar-refractivity contribution is 6.00. The fourth-order valence-electron chi connectivity index (χ4n) is 2.47. The van der Waals surface area contributed by atoms with Crippen molar-refractivity contribution in [3.8, 4) is 5.75 Å². The van der Waals surface area contributed by atoms with E-state index in [9.17, 15) is 9.59 Å². The molecule has 1 heterocycles. The van der Waals surface area contributed by atoms with Crippen LogP contribution in [0.1, 0.15) is 62.2 Å². The molecular weight excluding hydrogens is 266 g/mol. The van der Waals surface area contributed by atoms with Crippen LogP contribution in [0.15, 0.2) is 18.2 Å². The van der Waals surface area contributed by atoms with Gasteiger partial charge in [-0.1, -0.05) is 39.0 Å². The van der Waals surface area contributed by atoms with E-state index < -0.39 is 0 Å². The van der Waals surface area contributed by atoms with E-state index >= 15 is 0 Å². The van der Waals surface area contributed by atoms with Crippen molar-refractivity contribution in [2.45, 2.75) is 51.9 Å². The Morgan fingerprint density at radius 1 is 1.19 bits per heavy atom. The minimum atomic E-state index is -0.178. The second kappa shape index (κ2) is 7.81. The zero-order valence-electron chi connectivity index (χ0n) is 12.6. The predicted molar refractivity (Wildman–Crippen MR) is 82.9 cm³/mol. The molecule has 1 N–H and O–H groups in total. The summed E-state index contributed by atoms with van der Waals surface area (Å²) in [6.07, 6.45) is 7.58. The Balaban J connectivity index is 1.82. The number of nitrogens with one attached hydrogen (secondary N) is 1. The van der Waals surface area contributed by atoms with Crippen molar-refractivity contribution < 1.29 is 14.3 Å². The van der Waals surface area contributed by atoms with Crippen LogP contribution < -0.4 is 10.1 Å². The number of ether oxygens (including phenoxy) is 1. The fourth-order valence-corrected chi connectivity index (χ4v) is 2.47. The van der Waals surface area contributed by atoms with Gasteiger partial charge in [0.1, 0.15) is 5.75 Å². The van der Waals surface area contributed by atoms with E-state index in [0.29, 0.717) is 23.4 Å². The van der Waals surface area contributed by atoms with Gasteiger partial charge in [-0.15, -0.1) is 0 Å². The monoisotopic (exact) mass is 289 g/mol. The molecule has 1 aliphatic rings. The van der Waals surface area contributed by atoms with Crippen molar-refractivity contribution in [3.05, 3.63) is 23.8 Å². The molecule has 21 heavy (non-hydrogen) atoms. The second-order valence-corrected chi connectivity index (χ2v) is 5.49. The number of fused-ring (bicyclic) bond motifs is 1. The first-order valence-electron chi connectivity index (χ1n) is 7.80. The summed E-state index contributed by atoms with van der Waals surface area (Å²) in [5.74, 6) is 0.585. The average Bonchev–Trinajstić information content (AvgIpc) is 2.49. The maximum absolute atomic E-state index is 12.1. The van der Waals surface area contributed by atoms with E-state index in [0.717, 1.165) is 12.8 Å². The molecule has 0 spiro atoms. The topological polar surface area (TPSA) is 55.4 Å². The standard InChI is InChI=1S/C17H23NO3/c1-2-3-4-5-6-7-8-15(19)13-9-10-16-14(11-13)18-17(20)12-21-16/h9-11H,2-8,12H2,1H3,(H,18,20). The van der Waals surface area contributed by atoms with E-state index in [2.05, 4.69) is 12.2 Å². The number of anilines is 1. The summed E-state index contributed by atoms with van der Waals surface area (Å²) in [6, 6.07) is 5.24. The van der Waals surface area contributed by atoms with Crippen molar-refractivity contribution >= 4 is 17.4 Å². The predicted octanol–water partition coefficient (Wildman–Crippen LogP) is 3.95. The number of Topliss-reactive ketones (excluding diaryl/α,β-unsaturated/α-hetero) is 1. The number of ketones is 1. The van der Waals surface area contributed by atoms with Gasteiger partial charge in [0.2, 0.25) is 0 Å². The van der Waals surface area contributed by atoms with Gasteiger partial charge < -0.3 is 10.1 Å². The number of hydrogen-bond donors (Lipinski definition) is 1. The molecule has 0 saturated heterocycles. The molecule has 4 nitrogen and oxygen atoms in total. The highest BCUT2D eigenvalue weighted by Gasteiger charge is 2.17. The van der Waals surface area contributed by atoms with Crippen LogP contribution in [-0.4, -0.2) is 18.3 Å². The Kier molecular flexibility index (Phi) is 5.78. The molecule has 0 fully saturated rings. The maximum atomic E-state index is 12.1. The number of rotatable bonds is 8. The van der Waals surface area contributed by atoms with Gasteiger partial charge >= 0.3 is 0 Å². The number of carbonyl (C=O) groups is 2. The zero-order valence-corrected chi connectivity index (χ0v) is 12.6. The molecule has 1 aromatic rings. The van der Waals surface area contributed by atoms with Gasteiger partial charge in [-0.3, -0.25) is 9.59 Å². The van der Waals surface area contributed by atoms with Crippen molar-refractivity contribution in [1.82, 2.24) is 0 Å². The third-order valence-electron chi connectivity index (χ3n) is 3.69. The highest BCUT2D eigenvalue weighted by Crippen LogP contribution is 2.29. The van der Waals surface area contributed by atoms with Gasteiger partial charge in [-0.2, -0.15) is 0 Å². The minimum Gasteiger partial charge on any atom is -0.482 e. The van der Waals surface area contributed by atoms with Gasteiger partial charge in [0.25, 0.3) is 5.91 Å². The quantitative estimate of drug-likeness (QED) is 0.582. The Labute approximate surface area is 125 Å². The lowest BCUT2D eigenvalue weighted by atomic mass is 10.0. The van der Waals surface area contributed by atoms with Crippen LogP contribution in [0.5, 0.6) is 5.75 Å². The first kappa shape index (κ1) is 15.5. The average molecular weight is 289 g/mol. The summed E-state index contributed by atoms with van der Waals surface area (Å²) in [7, 11) is 0. The van der Waals surface area contributed by atoms with E-state index in [-0.39, 0.29) is 18.3 Å². The number of hydrogen-bond acceptors (Lipinski definition) is 3. The lowest BCUT2D eigenvalue weighted by Crippen LogP contribution is -2.25. The molecule has 1 aliphatic heterocycles. The van der Waals surface area contributed by atoms with Crippen LogP contribution in [-0.2, 0) is 4.79 Å². The van der Waals surface area contributed by atoms with Gasteiger partial charge in [-0.05, 0) is 24.6 Å². The largest absolute Gasteiger partial charge is 0.482 e. The number of unbranched alkanes of at least 4 members (excludes halogenated alkanes) is 5. The molecule has 1 aromatic carbocycles. The van der Waals surface area contributed by atoms with Gasteiger partial charge in [0.05, 0.1) is 5.69 Å². The van der Waals surface area contributed by atoms with E-state index in [1.54, 1.807) is 18.2 Å². The zero-order chi connectivity index (χ0) is 15.1. The van der Waals surface area contributed by atoms with E-state index in [4.69, 9.17) is 4.74 Å². The molecule has 0 bridgehead atoms. The minimum absolute atomic E-state index is 0.0397. The number of benzene rings is 1. The Morgan fingerprint density at radius 3 is 2.76 bits per heavy atom. The van der Waals surface area contributed by atoms with E-state index in [1.807, 2.05) is 0 Å². The first-order valence-corrected chi connectivity index (χ1v) is 7.80. The summed E-state index contributed by atoms with van der Waals surface area (Å²) in [6.45, 7) is 2.24. The lowest BCUT2D eigenvalue weighted by Gasteiger charge is -2.18. The summed E-state index contributed by atoms with van der Waals surface area (Å²) >= 11 is 0. The van der Waals surface area contributed by atoms with Gasteiger partial charge in [0.15, 0.2) is 12.4 Å². The molecule has 0 atom stereocenters. The summed E-state index contributed by atoms with van der Waals surface area (Å²) < 4.78 is 5.28. The van der Waals surface area contributed by atoms with Crippen LogP contribution in [0.3, 0.4) is 0 Å². The highest BCUT2D eigenvalue weighted by atomic mass is 16.5. The van der Waals surface area contributed by atoms with Crippen molar-refractivity contribution in [1.29, 1.82) is 0 Å².